The van der Waals surface area contributed by atoms with E-state index in [4.69, 9.17) is 10.00 Å². The number of benzene rings is 1. The molecule has 2 rings (SSSR count). The number of nitriles is 1. The van der Waals surface area contributed by atoms with E-state index in [-0.39, 0.29) is 19.0 Å². The van der Waals surface area contributed by atoms with E-state index in [1.807, 2.05) is 6.07 Å². The Morgan fingerprint density at radius 2 is 2.18 bits per heavy atom. The van der Waals surface area contributed by atoms with Gasteiger partial charge < -0.3 is 20.0 Å². The topological polar surface area (TPSA) is 114 Å². The summed E-state index contributed by atoms with van der Waals surface area (Å²) in [5, 5.41) is 29.5. The molecule has 1 atom stereocenters. The first-order valence-corrected chi connectivity index (χ1v) is 6.49. The fourth-order valence-electron chi connectivity index (χ4n) is 1.91. The van der Waals surface area contributed by atoms with Gasteiger partial charge >= 0.3 is 5.82 Å². The third kappa shape index (κ3) is 3.59. The Labute approximate surface area is 126 Å². The summed E-state index contributed by atoms with van der Waals surface area (Å²) in [6.07, 6.45) is 0.228. The lowest BCUT2D eigenvalue weighted by molar-refractivity contribution is -0.392. The Balaban J connectivity index is 1.95. The lowest BCUT2D eigenvalue weighted by Gasteiger charge is -2.12. The molecule has 0 saturated heterocycles. The highest BCUT2D eigenvalue weighted by atomic mass is 16.6. The monoisotopic (exact) mass is 302 g/mol. The van der Waals surface area contributed by atoms with Crippen molar-refractivity contribution in [2.24, 2.45) is 0 Å². The predicted octanol–water partition coefficient (Wildman–Crippen LogP) is 1.41. The number of nitrogens with zero attached hydrogens (tertiary/aromatic N) is 4. The van der Waals surface area contributed by atoms with Gasteiger partial charge in [0.1, 0.15) is 31.2 Å². The maximum absolute atomic E-state index is 10.9. The molecule has 0 fully saturated rings. The van der Waals surface area contributed by atoms with Crippen LogP contribution in [0, 0.1) is 28.4 Å². The molecule has 2 aromatic rings. The van der Waals surface area contributed by atoms with Gasteiger partial charge in [0.2, 0.25) is 0 Å². The van der Waals surface area contributed by atoms with Gasteiger partial charge in [0.05, 0.1) is 11.6 Å². The van der Waals surface area contributed by atoms with Gasteiger partial charge in [0.15, 0.2) is 5.82 Å². The quantitative estimate of drug-likeness (QED) is 0.637. The van der Waals surface area contributed by atoms with Gasteiger partial charge in [-0.25, -0.2) is 9.55 Å². The Morgan fingerprint density at radius 1 is 1.50 bits per heavy atom. The van der Waals surface area contributed by atoms with Crippen molar-refractivity contribution in [1.29, 1.82) is 5.26 Å². The van der Waals surface area contributed by atoms with Gasteiger partial charge in [-0.05, 0) is 29.2 Å². The third-order valence-corrected chi connectivity index (χ3v) is 3.04. The molecule has 114 valence electrons. The van der Waals surface area contributed by atoms with Gasteiger partial charge in [-0.3, -0.25) is 0 Å². The maximum atomic E-state index is 10.9. The van der Waals surface area contributed by atoms with Gasteiger partial charge in [-0.1, -0.05) is 0 Å². The Hall–Kier alpha value is -2.92. The lowest BCUT2D eigenvalue weighted by atomic mass is 10.2. The molecule has 0 unspecified atom stereocenters. The number of ether oxygens (including phenoxy) is 1. The van der Waals surface area contributed by atoms with E-state index in [9.17, 15) is 15.2 Å². The van der Waals surface area contributed by atoms with Crippen LogP contribution in [-0.2, 0) is 6.54 Å². The van der Waals surface area contributed by atoms with Gasteiger partial charge in [0, 0.05) is 6.92 Å². The van der Waals surface area contributed by atoms with Crippen molar-refractivity contribution < 1.29 is 14.8 Å². The number of hydrogen-bond acceptors (Lipinski definition) is 6. The number of rotatable bonds is 6. The molecule has 1 heterocycles. The van der Waals surface area contributed by atoms with Crippen molar-refractivity contribution in [3.05, 3.63) is 52.0 Å². The minimum Gasteiger partial charge on any atom is -0.491 e. The third-order valence-electron chi connectivity index (χ3n) is 3.04. The molecule has 0 aliphatic carbocycles. The Bertz CT molecular complexity index is 703. The molecule has 1 aromatic carbocycles. The van der Waals surface area contributed by atoms with Crippen molar-refractivity contribution in [1.82, 2.24) is 9.55 Å². The minimum atomic E-state index is -0.928. The Kier molecular flexibility index (Phi) is 4.70. The summed E-state index contributed by atoms with van der Waals surface area (Å²) in [5.74, 6) is 0.786. The maximum Gasteiger partial charge on any atom is 0.342 e. The molecule has 0 aliphatic heterocycles. The average Bonchev–Trinajstić information content (AvgIpc) is 2.87. The van der Waals surface area contributed by atoms with Crippen molar-refractivity contribution >= 4 is 5.82 Å². The average molecular weight is 302 g/mol. The van der Waals surface area contributed by atoms with Gasteiger partial charge in [-0.15, -0.1) is 0 Å². The lowest BCUT2D eigenvalue weighted by Crippen LogP contribution is -2.24. The highest BCUT2D eigenvalue weighted by Crippen LogP contribution is 2.15. The van der Waals surface area contributed by atoms with Crippen molar-refractivity contribution in [2.75, 3.05) is 6.61 Å². The largest absolute Gasteiger partial charge is 0.491 e. The smallest absolute Gasteiger partial charge is 0.342 e. The normalized spacial score (nSPS) is 11.7. The van der Waals surface area contributed by atoms with Gasteiger partial charge in [-0.2, -0.15) is 5.26 Å². The fraction of sp³-hybridized carbons (Fsp3) is 0.286. The van der Waals surface area contributed by atoms with Crippen LogP contribution in [0.5, 0.6) is 5.75 Å². The second kappa shape index (κ2) is 6.69. The molecule has 22 heavy (non-hydrogen) atoms. The molecule has 1 aromatic heterocycles. The van der Waals surface area contributed by atoms with Crippen LogP contribution in [0.15, 0.2) is 30.5 Å². The zero-order valence-corrected chi connectivity index (χ0v) is 11.8. The molecule has 8 heteroatoms. The molecule has 0 aliphatic rings. The molecule has 0 radical (unpaired) electrons. The number of aryl methyl sites for hydroxylation is 1. The number of imidazole rings is 1. The number of aliphatic hydroxyl groups excluding tert-OH is 1. The number of nitro groups is 1. The molecule has 8 nitrogen and oxygen atoms in total. The molecule has 0 bridgehead atoms. The van der Waals surface area contributed by atoms with Crippen LogP contribution in [0.2, 0.25) is 0 Å². The summed E-state index contributed by atoms with van der Waals surface area (Å²) in [5.41, 5.74) is 0.512. The van der Waals surface area contributed by atoms with E-state index in [0.717, 1.165) is 6.20 Å². The van der Waals surface area contributed by atoms with E-state index in [2.05, 4.69) is 4.98 Å². The summed E-state index contributed by atoms with van der Waals surface area (Å²) in [6.45, 7) is 1.61. The standard InChI is InChI=1S/C14H14N4O4/c1-10-16-7-14(18(20)21)17(10)8-12(19)9-22-13-4-2-11(6-15)3-5-13/h2-5,7,12,19H,8-9H2,1H3/t12-/m0/s1. The van der Waals surface area contributed by atoms with Crippen LogP contribution in [-0.4, -0.2) is 32.3 Å². The van der Waals surface area contributed by atoms with Crippen LogP contribution < -0.4 is 4.74 Å². The van der Waals surface area contributed by atoms with Crippen LogP contribution in [0.25, 0.3) is 0 Å². The van der Waals surface area contributed by atoms with Crippen LogP contribution in [0.1, 0.15) is 11.4 Å². The van der Waals surface area contributed by atoms with Crippen LogP contribution >= 0.6 is 0 Å². The minimum absolute atomic E-state index is 0.0123. The highest BCUT2D eigenvalue weighted by Gasteiger charge is 2.20. The molecule has 0 saturated carbocycles. The zero-order chi connectivity index (χ0) is 16.1. The second-order valence-corrected chi connectivity index (χ2v) is 4.63. The summed E-state index contributed by atoms with van der Waals surface area (Å²) in [6, 6.07) is 8.44. The first-order valence-electron chi connectivity index (χ1n) is 6.49. The Morgan fingerprint density at radius 3 is 2.77 bits per heavy atom. The van der Waals surface area contributed by atoms with E-state index in [0.29, 0.717) is 17.1 Å². The predicted molar refractivity (Wildman–Crippen MR) is 76.3 cm³/mol. The number of aromatic nitrogens is 2. The van der Waals surface area contributed by atoms with E-state index >= 15 is 0 Å². The number of hydrogen-bond donors (Lipinski definition) is 1. The van der Waals surface area contributed by atoms with Gasteiger partial charge in [0.25, 0.3) is 0 Å². The molecular formula is C14H14N4O4. The summed E-state index contributed by atoms with van der Waals surface area (Å²) < 4.78 is 6.72. The van der Waals surface area contributed by atoms with E-state index in [1.165, 1.54) is 4.57 Å². The van der Waals surface area contributed by atoms with Crippen molar-refractivity contribution in [3.63, 3.8) is 0 Å². The molecule has 0 amide bonds. The summed E-state index contributed by atoms with van der Waals surface area (Å²) >= 11 is 0. The fourth-order valence-corrected chi connectivity index (χ4v) is 1.91. The van der Waals surface area contributed by atoms with Crippen LogP contribution in [0.3, 0.4) is 0 Å². The first kappa shape index (κ1) is 15.5. The SMILES string of the molecule is Cc1ncc([N+](=O)[O-])n1C[C@H](O)COc1ccc(C#N)cc1. The first-order chi connectivity index (χ1) is 10.5. The summed E-state index contributed by atoms with van der Waals surface area (Å²) in [7, 11) is 0. The van der Waals surface area contributed by atoms with Crippen LogP contribution in [0.4, 0.5) is 5.82 Å². The van der Waals surface area contributed by atoms with E-state index < -0.39 is 11.0 Å². The second-order valence-electron chi connectivity index (χ2n) is 4.63. The highest BCUT2D eigenvalue weighted by molar-refractivity contribution is 5.34. The molecular weight excluding hydrogens is 288 g/mol. The number of aliphatic hydroxyl groups is 1. The summed E-state index contributed by atoms with van der Waals surface area (Å²) in [4.78, 5) is 14.2. The molecule has 0 spiro atoms. The molecule has 1 N–H and O–H groups in total. The van der Waals surface area contributed by atoms with E-state index in [1.54, 1.807) is 31.2 Å². The van der Waals surface area contributed by atoms with Crippen molar-refractivity contribution in [2.45, 2.75) is 19.6 Å². The van der Waals surface area contributed by atoms with Crippen molar-refractivity contribution in [3.8, 4) is 11.8 Å². The zero-order valence-electron chi connectivity index (χ0n) is 11.8.